The number of alkyl halides is 2. The van der Waals surface area contributed by atoms with Crippen molar-refractivity contribution < 1.29 is 18.8 Å². The fourth-order valence-electron chi connectivity index (χ4n) is 1.89. The Bertz CT molecular complexity index is 650. The van der Waals surface area contributed by atoms with E-state index in [1.54, 1.807) is 0 Å². The SMILES string of the molecule is CC(=O)N(c1cccc(C(F)F)c1)c1cc(NO)ccn1. The van der Waals surface area contributed by atoms with Crippen molar-refractivity contribution >= 4 is 23.1 Å². The molecule has 1 heterocycles. The number of halogens is 2. The highest BCUT2D eigenvalue weighted by molar-refractivity contribution is 5.98. The molecule has 0 atom stereocenters. The molecular weight excluding hydrogens is 280 g/mol. The monoisotopic (exact) mass is 293 g/mol. The van der Waals surface area contributed by atoms with Crippen LogP contribution in [0.25, 0.3) is 0 Å². The summed E-state index contributed by atoms with van der Waals surface area (Å²) in [7, 11) is 0. The lowest BCUT2D eigenvalue weighted by Crippen LogP contribution is -2.23. The lowest BCUT2D eigenvalue weighted by molar-refractivity contribution is -0.115. The molecule has 110 valence electrons. The van der Waals surface area contributed by atoms with E-state index in [0.29, 0.717) is 5.69 Å². The number of hydrogen-bond donors (Lipinski definition) is 2. The van der Waals surface area contributed by atoms with Gasteiger partial charge in [0.2, 0.25) is 5.91 Å². The van der Waals surface area contributed by atoms with Crippen molar-refractivity contribution in [2.75, 3.05) is 10.4 Å². The highest BCUT2D eigenvalue weighted by Crippen LogP contribution is 2.29. The number of nitrogens with one attached hydrogen (secondary N) is 1. The molecule has 7 heteroatoms. The van der Waals surface area contributed by atoms with Gasteiger partial charge in [0, 0.05) is 24.8 Å². The third-order valence-corrected chi connectivity index (χ3v) is 2.80. The van der Waals surface area contributed by atoms with Gasteiger partial charge in [0.05, 0.1) is 11.4 Å². The minimum atomic E-state index is -2.63. The average molecular weight is 293 g/mol. The molecule has 1 amide bonds. The molecule has 2 rings (SSSR count). The van der Waals surface area contributed by atoms with Gasteiger partial charge in [0.15, 0.2) is 0 Å². The molecule has 0 radical (unpaired) electrons. The molecule has 0 fully saturated rings. The van der Waals surface area contributed by atoms with Crippen LogP contribution in [0.2, 0.25) is 0 Å². The van der Waals surface area contributed by atoms with Crippen molar-refractivity contribution in [3.63, 3.8) is 0 Å². The number of anilines is 3. The Labute approximate surface area is 119 Å². The van der Waals surface area contributed by atoms with Crippen molar-refractivity contribution in [1.29, 1.82) is 0 Å². The Hall–Kier alpha value is -2.54. The molecule has 0 unspecified atom stereocenters. The molecule has 0 saturated heterocycles. The Balaban J connectivity index is 2.48. The van der Waals surface area contributed by atoms with Gasteiger partial charge in [-0.15, -0.1) is 0 Å². The van der Waals surface area contributed by atoms with Crippen LogP contribution in [-0.4, -0.2) is 16.1 Å². The van der Waals surface area contributed by atoms with E-state index in [-0.39, 0.29) is 23.0 Å². The van der Waals surface area contributed by atoms with E-state index < -0.39 is 6.43 Å². The number of carbonyl (C=O) groups excluding carboxylic acids is 1. The molecule has 5 nitrogen and oxygen atoms in total. The summed E-state index contributed by atoms with van der Waals surface area (Å²) in [6, 6.07) is 8.42. The summed E-state index contributed by atoms with van der Waals surface area (Å²) in [5.74, 6) is -0.169. The Morgan fingerprint density at radius 2 is 2.10 bits per heavy atom. The lowest BCUT2D eigenvalue weighted by atomic mass is 10.2. The number of aromatic nitrogens is 1. The molecule has 0 aliphatic heterocycles. The number of rotatable bonds is 4. The number of hydrogen-bond acceptors (Lipinski definition) is 4. The van der Waals surface area contributed by atoms with Gasteiger partial charge in [-0.05, 0) is 18.2 Å². The molecular formula is C14H13F2N3O2. The highest BCUT2D eigenvalue weighted by atomic mass is 19.3. The third-order valence-electron chi connectivity index (χ3n) is 2.80. The second-order valence-electron chi connectivity index (χ2n) is 4.26. The maximum Gasteiger partial charge on any atom is 0.263 e. The summed E-state index contributed by atoms with van der Waals surface area (Å²) in [5, 5.41) is 8.89. The van der Waals surface area contributed by atoms with Gasteiger partial charge in [-0.1, -0.05) is 12.1 Å². The molecule has 0 bridgehead atoms. The minimum absolute atomic E-state index is 0.185. The van der Waals surface area contributed by atoms with Crippen LogP contribution in [0, 0.1) is 0 Å². The molecule has 2 aromatic rings. The van der Waals surface area contributed by atoms with Crippen LogP contribution in [-0.2, 0) is 4.79 Å². The van der Waals surface area contributed by atoms with Crippen molar-refractivity contribution in [2.24, 2.45) is 0 Å². The largest absolute Gasteiger partial charge is 0.291 e. The normalized spacial score (nSPS) is 10.5. The zero-order valence-corrected chi connectivity index (χ0v) is 11.1. The fourth-order valence-corrected chi connectivity index (χ4v) is 1.89. The summed E-state index contributed by atoms with van der Waals surface area (Å²) in [4.78, 5) is 17.1. The lowest BCUT2D eigenvalue weighted by Gasteiger charge is -2.21. The van der Waals surface area contributed by atoms with Crippen LogP contribution >= 0.6 is 0 Å². The summed E-state index contributed by atoms with van der Waals surface area (Å²) in [6.45, 7) is 1.30. The summed E-state index contributed by atoms with van der Waals surface area (Å²) < 4.78 is 25.5. The zero-order chi connectivity index (χ0) is 15.4. The van der Waals surface area contributed by atoms with E-state index in [4.69, 9.17) is 5.21 Å². The summed E-state index contributed by atoms with van der Waals surface area (Å²) in [5.41, 5.74) is 2.37. The maximum absolute atomic E-state index is 12.8. The quantitative estimate of drug-likeness (QED) is 0.847. The molecule has 0 saturated carbocycles. The first-order chi connectivity index (χ1) is 10.0. The van der Waals surface area contributed by atoms with Gasteiger partial charge in [-0.3, -0.25) is 20.4 Å². The van der Waals surface area contributed by atoms with E-state index in [0.717, 1.165) is 0 Å². The number of benzene rings is 1. The van der Waals surface area contributed by atoms with Crippen molar-refractivity contribution in [3.8, 4) is 0 Å². The van der Waals surface area contributed by atoms with Gasteiger partial charge in [0.25, 0.3) is 6.43 Å². The van der Waals surface area contributed by atoms with Crippen LogP contribution in [0.5, 0.6) is 0 Å². The first-order valence-corrected chi connectivity index (χ1v) is 6.08. The summed E-state index contributed by atoms with van der Waals surface area (Å²) in [6.07, 6.45) is -1.24. The van der Waals surface area contributed by atoms with Crippen LogP contribution in [0.15, 0.2) is 42.6 Å². The standard InChI is InChI=1S/C14H13F2N3O2/c1-9(20)19(13-8-11(18-21)5-6-17-13)12-4-2-3-10(7-12)14(15)16/h2-8,14,21H,1H3,(H,17,18). The van der Waals surface area contributed by atoms with E-state index in [1.165, 1.54) is 54.4 Å². The molecule has 2 N–H and O–H groups in total. The molecule has 1 aromatic carbocycles. The maximum atomic E-state index is 12.8. The topological polar surface area (TPSA) is 65.5 Å². The number of nitrogens with zero attached hydrogens (tertiary/aromatic N) is 2. The van der Waals surface area contributed by atoms with E-state index in [2.05, 4.69) is 4.98 Å². The first kappa shape index (κ1) is 14.9. The minimum Gasteiger partial charge on any atom is -0.291 e. The van der Waals surface area contributed by atoms with Gasteiger partial charge in [-0.25, -0.2) is 13.8 Å². The van der Waals surface area contributed by atoms with Crippen molar-refractivity contribution in [2.45, 2.75) is 13.3 Å². The zero-order valence-electron chi connectivity index (χ0n) is 11.1. The van der Waals surface area contributed by atoms with Crippen molar-refractivity contribution in [1.82, 2.24) is 4.98 Å². The highest BCUT2D eigenvalue weighted by Gasteiger charge is 2.17. The van der Waals surface area contributed by atoms with Gasteiger partial charge in [-0.2, -0.15) is 0 Å². The van der Waals surface area contributed by atoms with Crippen LogP contribution < -0.4 is 10.4 Å². The first-order valence-electron chi connectivity index (χ1n) is 6.08. The summed E-state index contributed by atoms with van der Waals surface area (Å²) >= 11 is 0. The van der Waals surface area contributed by atoms with Gasteiger partial charge >= 0.3 is 0 Å². The fraction of sp³-hybridized carbons (Fsp3) is 0.143. The van der Waals surface area contributed by atoms with Gasteiger partial charge in [0.1, 0.15) is 5.82 Å². The Morgan fingerprint density at radius 3 is 2.71 bits per heavy atom. The van der Waals surface area contributed by atoms with E-state index in [9.17, 15) is 13.6 Å². The molecule has 0 aliphatic rings. The van der Waals surface area contributed by atoms with E-state index in [1.807, 2.05) is 5.48 Å². The number of amides is 1. The third kappa shape index (κ3) is 3.32. The second-order valence-corrected chi connectivity index (χ2v) is 4.26. The molecule has 21 heavy (non-hydrogen) atoms. The van der Waals surface area contributed by atoms with Crippen LogP contribution in [0.1, 0.15) is 18.9 Å². The second kappa shape index (κ2) is 6.27. The Morgan fingerprint density at radius 1 is 1.33 bits per heavy atom. The predicted octanol–water partition coefficient (Wildman–Crippen LogP) is 3.50. The van der Waals surface area contributed by atoms with Gasteiger partial charge < -0.3 is 0 Å². The molecule has 1 aromatic heterocycles. The van der Waals surface area contributed by atoms with Crippen LogP contribution in [0.3, 0.4) is 0 Å². The Kier molecular flexibility index (Phi) is 4.44. The van der Waals surface area contributed by atoms with E-state index >= 15 is 0 Å². The number of pyridine rings is 1. The molecule has 0 aliphatic carbocycles. The predicted molar refractivity (Wildman–Crippen MR) is 73.9 cm³/mol. The van der Waals surface area contributed by atoms with Crippen LogP contribution in [0.4, 0.5) is 26.0 Å². The average Bonchev–Trinajstić information content (AvgIpc) is 2.47. The van der Waals surface area contributed by atoms with Crippen molar-refractivity contribution in [3.05, 3.63) is 48.2 Å². The molecule has 0 spiro atoms. The smallest absolute Gasteiger partial charge is 0.263 e. The number of carbonyl (C=O) groups is 1.